The highest BCUT2D eigenvalue weighted by Crippen LogP contribution is 2.33. The zero-order valence-electron chi connectivity index (χ0n) is 13.8. The molecule has 0 aliphatic carbocycles. The first-order chi connectivity index (χ1) is 10.0. The highest BCUT2D eigenvalue weighted by Gasteiger charge is 2.22. The van der Waals surface area contributed by atoms with E-state index in [1.165, 1.54) is 48.1 Å². The molecule has 0 spiro atoms. The predicted molar refractivity (Wildman–Crippen MR) is 96.0 cm³/mol. The van der Waals surface area contributed by atoms with Gasteiger partial charge in [-0.1, -0.05) is 29.8 Å². The molecule has 2 rings (SSSR count). The summed E-state index contributed by atoms with van der Waals surface area (Å²) in [6, 6.07) is 7.10. The lowest BCUT2D eigenvalue weighted by Crippen LogP contribution is -2.27. The number of halogens is 1. The van der Waals surface area contributed by atoms with Crippen LogP contribution in [0.15, 0.2) is 22.7 Å². The number of anilines is 1. The van der Waals surface area contributed by atoms with Crippen LogP contribution in [0.1, 0.15) is 51.6 Å². The number of rotatable bonds is 4. The second kappa shape index (κ2) is 7.64. The fourth-order valence-corrected chi connectivity index (χ4v) is 3.72. The van der Waals surface area contributed by atoms with Crippen LogP contribution in [0.25, 0.3) is 0 Å². The maximum absolute atomic E-state index is 3.62. The molecule has 1 aliphatic heterocycles. The van der Waals surface area contributed by atoms with Crippen molar-refractivity contribution in [1.82, 2.24) is 5.32 Å². The van der Waals surface area contributed by atoms with Gasteiger partial charge in [-0.05, 0) is 68.8 Å². The third kappa shape index (κ3) is 4.23. The van der Waals surface area contributed by atoms with E-state index in [2.05, 4.69) is 65.1 Å². The van der Waals surface area contributed by atoms with E-state index in [9.17, 15) is 0 Å². The van der Waals surface area contributed by atoms with Gasteiger partial charge in [0.05, 0.1) is 0 Å². The number of benzene rings is 1. The minimum Gasteiger partial charge on any atom is -0.371 e. The van der Waals surface area contributed by atoms with Crippen molar-refractivity contribution in [3.05, 3.63) is 28.2 Å². The molecule has 0 amide bonds. The Kier molecular flexibility index (Phi) is 6.12. The maximum Gasteiger partial charge on any atom is 0.0415 e. The average molecular weight is 353 g/mol. The Hall–Kier alpha value is -0.540. The number of nitrogens with zero attached hydrogens (tertiary/aromatic N) is 1. The van der Waals surface area contributed by atoms with Gasteiger partial charge < -0.3 is 10.2 Å². The van der Waals surface area contributed by atoms with E-state index < -0.39 is 0 Å². The first-order valence-corrected chi connectivity index (χ1v) is 9.04. The fourth-order valence-electron chi connectivity index (χ4n) is 3.35. The van der Waals surface area contributed by atoms with Crippen molar-refractivity contribution in [2.75, 3.05) is 25.0 Å². The molecule has 1 N–H and O–H groups in total. The molecule has 3 heteroatoms. The van der Waals surface area contributed by atoms with E-state index in [1.54, 1.807) is 0 Å². The third-order valence-corrected chi connectivity index (χ3v) is 5.44. The molecular weight excluding hydrogens is 324 g/mol. The molecule has 1 aromatic rings. The minimum atomic E-state index is 0.377. The van der Waals surface area contributed by atoms with Crippen LogP contribution in [0.5, 0.6) is 0 Å². The van der Waals surface area contributed by atoms with Gasteiger partial charge in [-0.3, -0.25) is 0 Å². The van der Waals surface area contributed by atoms with Gasteiger partial charge in [0, 0.05) is 29.3 Å². The normalized spacial score (nSPS) is 21.4. The van der Waals surface area contributed by atoms with E-state index in [0.717, 1.165) is 11.8 Å². The molecular formula is C18H29BrN2. The van der Waals surface area contributed by atoms with E-state index in [-0.39, 0.29) is 0 Å². The Morgan fingerprint density at radius 1 is 1.19 bits per heavy atom. The van der Waals surface area contributed by atoms with Gasteiger partial charge >= 0.3 is 0 Å². The first-order valence-electron chi connectivity index (χ1n) is 8.24. The zero-order valence-corrected chi connectivity index (χ0v) is 15.4. The van der Waals surface area contributed by atoms with Gasteiger partial charge in [-0.2, -0.15) is 0 Å². The molecule has 2 nitrogen and oxygen atoms in total. The standard InChI is InChI=1S/C18H29BrN2/c1-13(2)15-6-5-10-21(11-9-15)18-8-7-16(19)12-17(18)14(3)20-4/h7-8,12-15,20H,5-6,9-11H2,1-4H3. The lowest BCUT2D eigenvalue weighted by atomic mass is 9.89. The van der Waals surface area contributed by atoms with Crippen LogP contribution in [0.3, 0.4) is 0 Å². The van der Waals surface area contributed by atoms with E-state index >= 15 is 0 Å². The van der Waals surface area contributed by atoms with E-state index in [0.29, 0.717) is 6.04 Å². The van der Waals surface area contributed by atoms with Gasteiger partial charge in [0.2, 0.25) is 0 Å². The average Bonchev–Trinajstić information content (AvgIpc) is 2.72. The molecule has 21 heavy (non-hydrogen) atoms. The van der Waals surface area contributed by atoms with Gasteiger partial charge in [0.15, 0.2) is 0 Å². The molecule has 1 saturated heterocycles. The van der Waals surface area contributed by atoms with Gasteiger partial charge in [-0.25, -0.2) is 0 Å². The Labute approximate surface area is 138 Å². The Morgan fingerprint density at radius 2 is 1.95 bits per heavy atom. The summed E-state index contributed by atoms with van der Waals surface area (Å²) in [5.41, 5.74) is 2.80. The van der Waals surface area contributed by atoms with E-state index in [4.69, 9.17) is 0 Å². The summed E-state index contributed by atoms with van der Waals surface area (Å²) in [6.45, 7) is 9.35. The molecule has 0 saturated carbocycles. The van der Waals surface area contributed by atoms with Crippen molar-refractivity contribution in [1.29, 1.82) is 0 Å². The molecule has 1 heterocycles. The quantitative estimate of drug-likeness (QED) is 0.820. The molecule has 0 radical (unpaired) electrons. The van der Waals surface area contributed by atoms with E-state index in [1.807, 2.05) is 7.05 Å². The monoisotopic (exact) mass is 352 g/mol. The zero-order chi connectivity index (χ0) is 15.4. The number of hydrogen-bond acceptors (Lipinski definition) is 2. The highest BCUT2D eigenvalue weighted by molar-refractivity contribution is 9.10. The lowest BCUT2D eigenvalue weighted by molar-refractivity contribution is 0.351. The Balaban J connectivity index is 2.21. The topological polar surface area (TPSA) is 15.3 Å². The summed E-state index contributed by atoms with van der Waals surface area (Å²) < 4.78 is 1.17. The smallest absolute Gasteiger partial charge is 0.0415 e. The lowest BCUT2D eigenvalue weighted by Gasteiger charge is -2.28. The molecule has 2 unspecified atom stereocenters. The second-order valence-electron chi connectivity index (χ2n) is 6.64. The van der Waals surface area contributed by atoms with Crippen molar-refractivity contribution in [2.24, 2.45) is 11.8 Å². The van der Waals surface area contributed by atoms with Gasteiger partial charge in [0.25, 0.3) is 0 Å². The fraction of sp³-hybridized carbons (Fsp3) is 0.667. The van der Waals surface area contributed by atoms with Crippen LogP contribution >= 0.6 is 15.9 Å². The highest BCUT2D eigenvalue weighted by atomic mass is 79.9. The van der Waals surface area contributed by atoms with Gasteiger partial charge in [-0.15, -0.1) is 0 Å². The van der Waals surface area contributed by atoms with Crippen molar-refractivity contribution in [3.8, 4) is 0 Å². The number of nitrogens with one attached hydrogen (secondary N) is 1. The summed E-state index contributed by atoms with van der Waals surface area (Å²) in [7, 11) is 2.03. The molecule has 1 aromatic carbocycles. The largest absolute Gasteiger partial charge is 0.371 e. The minimum absolute atomic E-state index is 0.377. The second-order valence-corrected chi connectivity index (χ2v) is 7.55. The molecule has 1 fully saturated rings. The van der Waals surface area contributed by atoms with Crippen LogP contribution in [-0.2, 0) is 0 Å². The number of hydrogen-bond donors (Lipinski definition) is 1. The Morgan fingerprint density at radius 3 is 2.62 bits per heavy atom. The summed E-state index contributed by atoms with van der Waals surface area (Å²) >= 11 is 3.62. The van der Waals surface area contributed by atoms with Crippen molar-refractivity contribution in [3.63, 3.8) is 0 Å². The summed E-state index contributed by atoms with van der Waals surface area (Å²) in [5, 5.41) is 3.38. The first kappa shape index (κ1) is 16.8. The molecule has 118 valence electrons. The van der Waals surface area contributed by atoms with Crippen LogP contribution in [0, 0.1) is 11.8 Å². The third-order valence-electron chi connectivity index (χ3n) is 4.95. The van der Waals surface area contributed by atoms with Crippen molar-refractivity contribution in [2.45, 2.75) is 46.1 Å². The molecule has 0 bridgehead atoms. The Bertz CT molecular complexity index is 459. The summed E-state index contributed by atoms with van der Waals surface area (Å²) in [5.74, 6) is 1.70. The van der Waals surface area contributed by atoms with Crippen LogP contribution in [0.4, 0.5) is 5.69 Å². The maximum atomic E-state index is 3.62. The van der Waals surface area contributed by atoms with Crippen LogP contribution < -0.4 is 10.2 Å². The van der Waals surface area contributed by atoms with Crippen molar-refractivity contribution >= 4 is 21.6 Å². The predicted octanol–water partition coefficient (Wildman–Crippen LogP) is 4.99. The molecule has 1 aliphatic rings. The SMILES string of the molecule is CNC(C)c1cc(Br)ccc1N1CCCC(C(C)C)CC1. The summed E-state index contributed by atoms with van der Waals surface area (Å²) in [4.78, 5) is 2.60. The molecule has 2 atom stereocenters. The van der Waals surface area contributed by atoms with Gasteiger partial charge in [0.1, 0.15) is 0 Å². The summed E-state index contributed by atoms with van der Waals surface area (Å²) in [6.07, 6.45) is 4.01. The van der Waals surface area contributed by atoms with Crippen molar-refractivity contribution < 1.29 is 0 Å². The van der Waals surface area contributed by atoms with Crippen LogP contribution in [-0.4, -0.2) is 20.1 Å². The molecule has 0 aromatic heterocycles. The van der Waals surface area contributed by atoms with Crippen LogP contribution in [0.2, 0.25) is 0 Å².